The minimum Gasteiger partial charge on any atom is -0.412 e. The highest BCUT2D eigenvalue weighted by molar-refractivity contribution is 4.61. The maximum atomic E-state index is 2.21. The van der Waals surface area contributed by atoms with Gasteiger partial charge in [0.05, 0.1) is 13.6 Å². The van der Waals surface area contributed by atoms with Crippen molar-refractivity contribution in [2.75, 3.05) is 0 Å². The maximum absolute atomic E-state index is 2.21. The molecular weight excluding hydrogens is 188 g/mol. The SMILES string of the molecule is CCCC[n+]1ccn(C)c1.O.O.O.O. The van der Waals surface area contributed by atoms with Gasteiger partial charge in [-0.05, 0) is 6.42 Å². The molecule has 0 radical (unpaired) electrons. The molecule has 1 aromatic heterocycles. The Kier molecular flexibility index (Phi) is 19.9. The van der Waals surface area contributed by atoms with Crippen molar-refractivity contribution in [1.29, 1.82) is 0 Å². The predicted molar refractivity (Wildman–Crippen MR) is 55.0 cm³/mol. The van der Waals surface area contributed by atoms with Gasteiger partial charge in [0.25, 0.3) is 0 Å². The Morgan fingerprint density at radius 2 is 1.71 bits per heavy atom. The second-order valence-electron chi connectivity index (χ2n) is 2.67. The first-order valence-corrected chi connectivity index (χ1v) is 3.84. The van der Waals surface area contributed by atoms with Crippen LogP contribution in [0, 0.1) is 0 Å². The fourth-order valence-corrected chi connectivity index (χ4v) is 0.975. The van der Waals surface area contributed by atoms with Crippen LogP contribution < -0.4 is 4.57 Å². The Morgan fingerprint density at radius 1 is 1.14 bits per heavy atom. The summed E-state index contributed by atoms with van der Waals surface area (Å²) in [5.41, 5.74) is 0. The molecule has 1 heterocycles. The van der Waals surface area contributed by atoms with Crippen molar-refractivity contribution in [3.05, 3.63) is 18.7 Å². The van der Waals surface area contributed by atoms with E-state index in [0.717, 1.165) is 6.54 Å². The lowest BCUT2D eigenvalue weighted by atomic mass is 10.3. The van der Waals surface area contributed by atoms with Gasteiger partial charge in [0.2, 0.25) is 6.33 Å². The van der Waals surface area contributed by atoms with Crippen LogP contribution in [0.2, 0.25) is 0 Å². The number of unbranched alkanes of at least 4 members (excludes halogenated alkanes) is 1. The molecule has 8 N–H and O–H groups in total. The molecule has 0 aromatic carbocycles. The van der Waals surface area contributed by atoms with Gasteiger partial charge in [0.15, 0.2) is 0 Å². The standard InChI is InChI=1S/C8H15N2.4H2O/c1-3-4-5-10-7-6-9(2)8-10;;;;/h6-8H,3-5H2,1-2H3;4*1H2/q+1;;;;. The lowest BCUT2D eigenvalue weighted by molar-refractivity contribution is -0.696. The van der Waals surface area contributed by atoms with Crippen molar-refractivity contribution in [3.63, 3.8) is 0 Å². The quantitative estimate of drug-likeness (QED) is 0.502. The van der Waals surface area contributed by atoms with Crippen molar-refractivity contribution < 1.29 is 26.5 Å². The molecule has 6 nitrogen and oxygen atoms in total. The summed E-state index contributed by atoms with van der Waals surface area (Å²) in [6, 6.07) is 0. The highest BCUT2D eigenvalue weighted by Crippen LogP contribution is 1.85. The number of imidazole rings is 1. The normalized spacial score (nSPS) is 7.29. The van der Waals surface area contributed by atoms with E-state index >= 15 is 0 Å². The largest absolute Gasteiger partial charge is 0.412 e. The van der Waals surface area contributed by atoms with Crippen LogP contribution >= 0.6 is 0 Å². The van der Waals surface area contributed by atoms with E-state index in [4.69, 9.17) is 0 Å². The molecule has 0 spiro atoms. The van der Waals surface area contributed by atoms with Crippen LogP contribution in [-0.2, 0) is 13.6 Å². The van der Waals surface area contributed by atoms with Crippen molar-refractivity contribution in [2.45, 2.75) is 26.3 Å². The van der Waals surface area contributed by atoms with Crippen LogP contribution in [0.4, 0.5) is 0 Å². The minimum absolute atomic E-state index is 0. The summed E-state index contributed by atoms with van der Waals surface area (Å²) in [6.07, 6.45) is 8.82. The zero-order valence-corrected chi connectivity index (χ0v) is 8.75. The molecule has 14 heavy (non-hydrogen) atoms. The molecule has 1 rings (SSSR count). The molecule has 6 heteroatoms. The molecule has 0 fully saturated rings. The molecule has 0 unspecified atom stereocenters. The van der Waals surface area contributed by atoms with Crippen molar-refractivity contribution >= 4 is 0 Å². The summed E-state index contributed by atoms with van der Waals surface area (Å²) in [6.45, 7) is 3.36. The van der Waals surface area contributed by atoms with Gasteiger partial charge >= 0.3 is 0 Å². The second-order valence-corrected chi connectivity index (χ2v) is 2.67. The predicted octanol–water partition coefficient (Wildman–Crippen LogP) is -2.19. The summed E-state index contributed by atoms with van der Waals surface area (Å²) in [4.78, 5) is 0. The van der Waals surface area contributed by atoms with E-state index in [1.165, 1.54) is 12.8 Å². The fourth-order valence-electron chi connectivity index (χ4n) is 0.975. The van der Waals surface area contributed by atoms with Crippen molar-refractivity contribution in [2.24, 2.45) is 7.05 Å². The summed E-state index contributed by atoms with van der Waals surface area (Å²) in [5, 5.41) is 0. The average molecular weight is 211 g/mol. The van der Waals surface area contributed by atoms with E-state index in [1.54, 1.807) is 0 Å². The van der Waals surface area contributed by atoms with Gasteiger partial charge in [-0.15, -0.1) is 0 Å². The van der Waals surface area contributed by atoms with Gasteiger partial charge < -0.3 is 21.9 Å². The zero-order chi connectivity index (χ0) is 7.40. The Morgan fingerprint density at radius 3 is 2.07 bits per heavy atom. The first-order chi connectivity index (χ1) is 4.83. The highest BCUT2D eigenvalue weighted by atomic mass is 16.0. The molecule has 0 bridgehead atoms. The van der Waals surface area contributed by atoms with E-state index in [9.17, 15) is 0 Å². The Balaban J connectivity index is -0.000000125. The van der Waals surface area contributed by atoms with E-state index in [-0.39, 0.29) is 21.9 Å². The second kappa shape index (κ2) is 12.0. The molecule has 1 aromatic rings. The summed E-state index contributed by atoms with van der Waals surface area (Å²) < 4.78 is 4.28. The molecule has 0 saturated carbocycles. The third kappa shape index (κ3) is 7.69. The summed E-state index contributed by atoms with van der Waals surface area (Å²) in [5.74, 6) is 0. The van der Waals surface area contributed by atoms with Crippen LogP contribution in [0.5, 0.6) is 0 Å². The minimum atomic E-state index is 0. The number of rotatable bonds is 3. The van der Waals surface area contributed by atoms with E-state index in [2.05, 4.69) is 34.8 Å². The number of aryl methyl sites for hydroxylation is 2. The topological polar surface area (TPSA) is 135 Å². The van der Waals surface area contributed by atoms with Gasteiger partial charge in [-0.25, -0.2) is 9.13 Å². The van der Waals surface area contributed by atoms with E-state index in [1.807, 2.05) is 7.05 Å². The van der Waals surface area contributed by atoms with Gasteiger partial charge in [-0.1, -0.05) is 13.3 Å². The molecular formula is C8H23N2O4+. The molecule has 0 saturated heterocycles. The van der Waals surface area contributed by atoms with Crippen molar-refractivity contribution in [1.82, 2.24) is 4.57 Å². The molecule has 0 aliphatic rings. The van der Waals surface area contributed by atoms with Crippen LogP contribution in [0.3, 0.4) is 0 Å². The van der Waals surface area contributed by atoms with Gasteiger partial charge in [0.1, 0.15) is 12.4 Å². The fraction of sp³-hybridized carbons (Fsp3) is 0.625. The molecule has 0 atom stereocenters. The van der Waals surface area contributed by atoms with E-state index < -0.39 is 0 Å². The third-order valence-corrected chi connectivity index (χ3v) is 1.59. The number of hydrogen-bond donors (Lipinski definition) is 0. The lowest BCUT2D eigenvalue weighted by Gasteiger charge is -1.90. The highest BCUT2D eigenvalue weighted by Gasteiger charge is 1.96. The van der Waals surface area contributed by atoms with Crippen LogP contribution in [-0.4, -0.2) is 26.5 Å². The number of aromatic nitrogens is 2. The lowest BCUT2D eigenvalue weighted by Crippen LogP contribution is -2.30. The van der Waals surface area contributed by atoms with Crippen LogP contribution in [0.15, 0.2) is 18.7 Å². The van der Waals surface area contributed by atoms with Crippen molar-refractivity contribution in [3.8, 4) is 0 Å². The Labute approximate surface area is 84.0 Å². The van der Waals surface area contributed by atoms with Gasteiger partial charge in [-0.3, -0.25) is 0 Å². The van der Waals surface area contributed by atoms with Gasteiger partial charge in [0, 0.05) is 0 Å². The Bertz CT molecular complexity index is 203. The number of nitrogens with zero attached hydrogens (tertiary/aromatic N) is 2. The monoisotopic (exact) mass is 211 g/mol. The maximum Gasteiger partial charge on any atom is 0.243 e. The third-order valence-electron chi connectivity index (χ3n) is 1.59. The van der Waals surface area contributed by atoms with Crippen LogP contribution in [0.25, 0.3) is 0 Å². The van der Waals surface area contributed by atoms with Crippen LogP contribution in [0.1, 0.15) is 19.8 Å². The summed E-state index contributed by atoms with van der Waals surface area (Å²) >= 11 is 0. The first-order valence-electron chi connectivity index (χ1n) is 3.84. The van der Waals surface area contributed by atoms with E-state index in [0.29, 0.717) is 0 Å². The molecule has 88 valence electrons. The smallest absolute Gasteiger partial charge is 0.243 e. The average Bonchev–Trinajstić information content (AvgIpc) is 2.31. The van der Waals surface area contributed by atoms with Gasteiger partial charge in [-0.2, -0.15) is 0 Å². The molecule has 0 amide bonds. The molecule has 0 aliphatic carbocycles. The molecule has 0 aliphatic heterocycles. The Hall–Kier alpha value is -0.950. The zero-order valence-electron chi connectivity index (χ0n) is 8.75. The number of hydrogen-bond acceptors (Lipinski definition) is 0. The summed E-state index contributed by atoms with van der Waals surface area (Å²) in [7, 11) is 2.04. The first kappa shape index (κ1) is 23.1.